The monoisotopic (exact) mass is 267 g/mol. The SMILES string of the molecule is CC(C1CCCO1)N(C=O)Cc1ccc(Cl)cc1. The van der Waals surface area contributed by atoms with Gasteiger partial charge in [-0.05, 0) is 37.5 Å². The first-order valence-corrected chi connectivity index (χ1v) is 6.65. The van der Waals surface area contributed by atoms with E-state index in [-0.39, 0.29) is 12.1 Å². The summed E-state index contributed by atoms with van der Waals surface area (Å²) in [7, 11) is 0. The normalized spacial score (nSPS) is 20.7. The number of hydrogen-bond acceptors (Lipinski definition) is 2. The standard InChI is InChI=1S/C14H18ClNO2/c1-11(14-3-2-8-18-14)16(10-17)9-12-4-6-13(15)7-5-12/h4-7,10-11,14H,2-3,8-9H2,1H3. The minimum Gasteiger partial charge on any atom is -0.376 e. The van der Waals surface area contributed by atoms with E-state index in [1.165, 1.54) is 0 Å². The van der Waals surface area contributed by atoms with Crippen LogP contribution in [-0.2, 0) is 16.1 Å². The van der Waals surface area contributed by atoms with E-state index in [0.717, 1.165) is 31.4 Å². The Morgan fingerprint density at radius 2 is 2.22 bits per heavy atom. The van der Waals surface area contributed by atoms with Gasteiger partial charge < -0.3 is 9.64 Å². The van der Waals surface area contributed by atoms with Crippen molar-refractivity contribution in [2.24, 2.45) is 0 Å². The molecule has 0 bridgehead atoms. The summed E-state index contributed by atoms with van der Waals surface area (Å²) >= 11 is 5.85. The van der Waals surface area contributed by atoms with Gasteiger partial charge in [0.05, 0.1) is 12.1 Å². The van der Waals surface area contributed by atoms with Crippen LogP contribution in [0.2, 0.25) is 5.02 Å². The second kappa shape index (κ2) is 6.21. The predicted molar refractivity (Wildman–Crippen MR) is 71.5 cm³/mol. The highest BCUT2D eigenvalue weighted by Crippen LogP contribution is 2.20. The number of rotatable bonds is 5. The lowest BCUT2D eigenvalue weighted by molar-refractivity contribution is -0.123. The third kappa shape index (κ3) is 3.24. The fourth-order valence-electron chi connectivity index (χ4n) is 2.27. The molecule has 98 valence electrons. The summed E-state index contributed by atoms with van der Waals surface area (Å²) in [4.78, 5) is 13.0. The number of carbonyl (C=O) groups excluding carboxylic acids is 1. The van der Waals surface area contributed by atoms with Crippen LogP contribution < -0.4 is 0 Å². The largest absolute Gasteiger partial charge is 0.376 e. The number of carbonyl (C=O) groups is 1. The Balaban J connectivity index is 1.99. The average molecular weight is 268 g/mol. The van der Waals surface area contributed by atoms with Crippen LogP contribution >= 0.6 is 11.6 Å². The van der Waals surface area contributed by atoms with E-state index in [1.54, 1.807) is 4.90 Å². The molecule has 1 saturated heterocycles. The van der Waals surface area contributed by atoms with Gasteiger partial charge in [-0.1, -0.05) is 23.7 Å². The summed E-state index contributed by atoms with van der Waals surface area (Å²) in [5, 5.41) is 0.712. The summed E-state index contributed by atoms with van der Waals surface area (Å²) in [6, 6.07) is 7.69. The quantitative estimate of drug-likeness (QED) is 0.768. The fourth-order valence-corrected chi connectivity index (χ4v) is 2.40. The molecule has 18 heavy (non-hydrogen) atoms. The second-order valence-electron chi connectivity index (χ2n) is 4.70. The van der Waals surface area contributed by atoms with Crippen LogP contribution in [0.1, 0.15) is 25.3 Å². The van der Waals surface area contributed by atoms with Crippen molar-refractivity contribution in [3.05, 3.63) is 34.9 Å². The molecular weight excluding hydrogens is 250 g/mol. The highest BCUT2D eigenvalue weighted by Gasteiger charge is 2.26. The Morgan fingerprint density at radius 1 is 1.50 bits per heavy atom. The zero-order valence-electron chi connectivity index (χ0n) is 10.5. The van der Waals surface area contributed by atoms with Crippen LogP contribution in [-0.4, -0.2) is 30.1 Å². The van der Waals surface area contributed by atoms with Crippen molar-refractivity contribution in [2.45, 2.75) is 38.5 Å². The number of nitrogens with zero attached hydrogens (tertiary/aromatic N) is 1. The van der Waals surface area contributed by atoms with Crippen molar-refractivity contribution in [3.63, 3.8) is 0 Å². The van der Waals surface area contributed by atoms with Crippen molar-refractivity contribution in [3.8, 4) is 0 Å². The molecular formula is C14H18ClNO2. The van der Waals surface area contributed by atoms with Gasteiger partial charge in [0.25, 0.3) is 0 Å². The molecule has 2 rings (SSSR count). The van der Waals surface area contributed by atoms with E-state index in [1.807, 2.05) is 31.2 Å². The van der Waals surface area contributed by atoms with Gasteiger partial charge in [0.15, 0.2) is 0 Å². The minimum absolute atomic E-state index is 0.112. The van der Waals surface area contributed by atoms with Crippen LogP contribution in [0.25, 0.3) is 0 Å². The Kier molecular flexibility index (Phi) is 4.61. The van der Waals surface area contributed by atoms with Crippen LogP contribution in [0, 0.1) is 0 Å². The van der Waals surface area contributed by atoms with Crippen molar-refractivity contribution in [1.82, 2.24) is 4.90 Å². The zero-order chi connectivity index (χ0) is 13.0. The Hall–Kier alpha value is -1.06. The van der Waals surface area contributed by atoms with E-state index in [4.69, 9.17) is 16.3 Å². The topological polar surface area (TPSA) is 29.5 Å². The van der Waals surface area contributed by atoms with E-state index in [9.17, 15) is 4.79 Å². The molecule has 4 heteroatoms. The molecule has 2 atom stereocenters. The second-order valence-corrected chi connectivity index (χ2v) is 5.13. The van der Waals surface area contributed by atoms with Gasteiger partial charge in [0.1, 0.15) is 0 Å². The Labute approximate surface area is 113 Å². The van der Waals surface area contributed by atoms with Crippen LogP contribution in [0.4, 0.5) is 0 Å². The van der Waals surface area contributed by atoms with Crippen molar-refractivity contribution in [1.29, 1.82) is 0 Å². The molecule has 0 spiro atoms. The highest BCUT2D eigenvalue weighted by atomic mass is 35.5. The molecule has 2 unspecified atom stereocenters. The first-order valence-electron chi connectivity index (χ1n) is 6.28. The summed E-state index contributed by atoms with van der Waals surface area (Å²) in [5.41, 5.74) is 1.08. The van der Waals surface area contributed by atoms with Crippen molar-refractivity contribution in [2.75, 3.05) is 6.61 Å². The first kappa shape index (κ1) is 13.4. The summed E-state index contributed by atoms with van der Waals surface area (Å²) < 4.78 is 5.63. The van der Waals surface area contributed by atoms with Crippen LogP contribution in [0.3, 0.4) is 0 Å². The lowest BCUT2D eigenvalue weighted by Crippen LogP contribution is -2.40. The molecule has 1 fully saturated rings. The van der Waals surface area contributed by atoms with Gasteiger partial charge in [-0.2, -0.15) is 0 Å². The number of halogens is 1. The summed E-state index contributed by atoms with van der Waals surface area (Å²) in [6.45, 7) is 3.45. The number of ether oxygens (including phenoxy) is 1. The molecule has 1 heterocycles. The van der Waals surface area contributed by atoms with Gasteiger partial charge in [0.2, 0.25) is 6.41 Å². The van der Waals surface area contributed by atoms with Gasteiger partial charge in [0, 0.05) is 18.2 Å². The zero-order valence-corrected chi connectivity index (χ0v) is 11.3. The maximum atomic E-state index is 11.2. The summed E-state index contributed by atoms with van der Waals surface area (Å²) in [5.74, 6) is 0. The average Bonchev–Trinajstić information content (AvgIpc) is 2.91. The van der Waals surface area contributed by atoms with Crippen molar-refractivity contribution < 1.29 is 9.53 Å². The molecule has 1 aliphatic rings. The Bertz CT molecular complexity index is 387. The smallest absolute Gasteiger partial charge is 0.210 e. The first-order chi connectivity index (χ1) is 8.70. The molecule has 1 amide bonds. The van der Waals surface area contributed by atoms with Gasteiger partial charge in [-0.3, -0.25) is 4.79 Å². The molecule has 0 radical (unpaired) electrons. The highest BCUT2D eigenvalue weighted by molar-refractivity contribution is 6.30. The molecule has 1 aliphatic heterocycles. The minimum atomic E-state index is 0.112. The molecule has 1 aromatic carbocycles. The van der Waals surface area contributed by atoms with Gasteiger partial charge in [-0.15, -0.1) is 0 Å². The Morgan fingerprint density at radius 3 is 2.78 bits per heavy atom. The van der Waals surface area contributed by atoms with E-state index < -0.39 is 0 Å². The van der Waals surface area contributed by atoms with Crippen molar-refractivity contribution >= 4 is 18.0 Å². The van der Waals surface area contributed by atoms with Crippen LogP contribution in [0.5, 0.6) is 0 Å². The van der Waals surface area contributed by atoms with E-state index >= 15 is 0 Å². The molecule has 0 N–H and O–H groups in total. The molecule has 0 aliphatic carbocycles. The molecule has 3 nitrogen and oxygen atoms in total. The fraction of sp³-hybridized carbons (Fsp3) is 0.500. The molecule has 1 aromatic rings. The van der Waals surface area contributed by atoms with Gasteiger partial charge in [-0.25, -0.2) is 0 Å². The lowest BCUT2D eigenvalue weighted by Gasteiger charge is -2.29. The van der Waals surface area contributed by atoms with Crippen LogP contribution in [0.15, 0.2) is 24.3 Å². The number of amides is 1. The lowest BCUT2D eigenvalue weighted by atomic mass is 10.1. The molecule has 0 saturated carbocycles. The van der Waals surface area contributed by atoms with E-state index in [2.05, 4.69) is 0 Å². The maximum absolute atomic E-state index is 11.2. The number of hydrogen-bond donors (Lipinski definition) is 0. The molecule has 0 aromatic heterocycles. The number of benzene rings is 1. The van der Waals surface area contributed by atoms with Gasteiger partial charge >= 0.3 is 0 Å². The van der Waals surface area contributed by atoms with E-state index in [0.29, 0.717) is 11.6 Å². The third-order valence-corrected chi connectivity index (χ3v) is 3.69. The third-order valence-electron chi connectivity index (χ3n) is 3.44. The predicted octanol–water partition coefficient (Wildman–Crippen LogP) is 2.87. The summed E-state index contributed by atoms with van der Waals surface area (Å²) in [6.07, 6.45) is 3.19. The maximum Gasteiger partial charge on any atom is 0.210 e.